The van der Waals surface area contributed by atoms with E-state index >= 15 is 0 Å². The Morgan fingerprint density at radius 1 is 0.926 bits per heavy atom. The molecule has 27 heavy (non-hydrogen) atoms. The third-order valence-corrected chi connectivity index (χ3v) is 4.27. The fraction of sp³-hybridized carbons (Fsp3) is 0.273. The highest BCUT2D eigenvalue weighted by atomic mass is 15.2. The van der Waals surface area contributed by atoms with Crippen LogP contribution in [0.1, 0.15) is 12.5 Å². The molecule has 1 aromatic heterocycles. The Morgan fingerprint density at radius 3 is 2.33 bits per heavy atom. The number of anilines is 3. The zero-order valence-corrected chi connectivity index (χ0v) is 16.2. The number of nitrogens with zero attached hydrogens (tertiary/aromatic N) is 3. The van der Waals surface area contributed by atoms with Gasteiger partial charge in [0, 0.05) is 30.4 Å². The summed E-state index contributed by atoms with van der Waals surface area (Å²) in [5.74, 6) is 1.41. The van der Waals surface area contributed by atoms with E-state index in [-0.39, 0.29) is 0 Å². The second-order valence-electron chi connectivity index (χ2n) is 6.73. The monoisotopic (exact) mass is 361 g/mol. The summed E-state index contributed by atoms with van der Waals surface area (Å²) >= 11 is 0. The summed E-state index contributed by atoms with van der Waals surface area (Å²) in [5.41, 5.74) is 4.30. The Hall–Kier alpha value is -2.92. The molecule has 0 atom stereocenters. The van der Waals surface area contributed by atoms with Gasteiger partial charge in [-0.25, -0.2) is 4.98 Å². The van der Waals surface area contributed by atoms with Crippen LogP contribution in [0.15, 0.2) is 60.7 Å². The average molecular weight is 361 g/mol. The predicted octanol–water partition coefficient (Wildman–Crippen LogP) is 4.42. The average Bonchev–Trinajstić information content (AvgIpc) is 2.69. The maximum absolute atomic E-state index is 4.69. The van der Waals surface area contributed by atoms with E-state index in [9.17, 15) is 0 Å². The summed E-state index contributed by atoms with van der Waals surface area (Å²) in [6, 6.07) is 20.6. The minimum Gasteiger partial charge on any atom is -0.353 e. The van der Waals surface area contributed by atoms with Crippen molar-refractivity contribution < 1.29 is 0 Å². The van der Waals surface area contributed by atoms with Gasteiger partial charge >= 0.3 is 0 Å². The highest BCUT2D eigenvalue weighted by Crippen LogP contribution is 2.23. The first kappa shape index (κ1) is 18.9. The van der Waals surface area contributed by atoms with Crippen molar-refractivity contribution >= 4 is 17.5 Å². The molecule has 3 aromatic rings. The molecule has 2 aromatic carbocycles. The highest BCUT2D eigenvalue weighted by Gasteiger charge is 2.07. The van der Waals surface area contributed by atoms with E-state index < -0.39 is 0 Å². The molecular formula is C22H27N5. The lowest BCUT2D eigenvalue weighted by molar-refractivity contribution is 0.425. The number of nitrogens with one attached hydrogen (secondary N) is 2. The smallest absolute Gasteiger partial charge is 0.225 e. The van der Waals surface area contributed by atoms with Gasteiger partial charge in [-0.2, -0.15) is 4.98 Å². The molecule has 0 aliphatic heterocycles. The molecule has 140 valence electrons. The van der Waals surface area contributed by atoms with Gasteiger partial charge in [-0.05, 0) is 38.2 Å². The maximum Gasteiger partial charge on any atom is 0.225 e. The fourth-order valence-electron chi connectivity index (χ4n) is 2.71. The number of hydrogen-bond acceptors (Lipinski definition) is 5. The van der Waals surface area contributed by atoms with E-state index in [4.69, 9.17) is 0 Å². The van der Waals surface area contributed by atoms with Crippen LogP contribution < -0.4 is 10.6 Å². The van der Waals surface area contributed by atoms with Crippen molar-refractivity contribution in [3.63, 3.8) is 0 Å². The summed E-state index contributed by atoms with van der Waals surface area (Å²) in [6.07, 6.45) is 1.03. The first-order chi connectivity index (χ1) is 13.1. The van der Waals surface area contributed by atoms with Gasteiger partial charge in [-0.3, -0.25) is 0 Å². The van der Waals surface area contributed by atoms with Crippen molar-refractivity contribution in [1.82, 2.24) is 14.9 Å². The van der Waals surface area contributed by atoms with Crippen molar-refractivity contribution in [3.8, 4) is 11.3 Å². The Morgan fingerprint density at radius 2 is 1.67 bits per heavy atom. The molecule has 0 saturated carbocycles. The topological polar surface area (TPSA) is 53.1 Å². The third kappa shape index (κ3) is 5.53. The van der Waals surface area contributed by atoms with Crippen LogP contribution in [0, 0.1) is 0 Å². The zero-order valence-electron chi connectivity index (χ0n) is 16.2. The summed E-state index contributed by atoms with van der Waals surface area (Å²) in [4.78, 5) is 11.5. The van der Waals surface area contributed by atoms with Gasteiger partial charge in [0.2, 0.25) is 5.95 Å². The van der Waals surface area contributed by atoms with Crippen LogP contribution in [0.25, 0.3) is 11.3 Å². The van der Waals surface area contributed by atoms with Gasteiger partial charge < -0.3 is 15.5 Å². The van der Waals surface area contributed by atoms with Crippen LogP contribution >= 0.6 is 0 Å². The van der Waals surface area contributed by atoms with Crippen molar-refractivity contribution in [2.75, 3.05) is 37.8 Å². The molecule has 5 nitrogen and oxygen atoms in total. The molecule has 0 saturated heterocycles. The highest BCUT2D eigenvalue weighted by molar-refractivity contribution is 5.67. The minimum atomic E-state index is 0.630. The van der Waals surface area contributed by atoms with Crippen LogP contribution in [-0.2, 0) is 6.42 Å². The molecule has 3 rings (SSSR count). The van der Waals surface area contributed by atoms with E-state index in [1.807, 2.05) is 24.3 Å². The second-order valence-corrected chi connectivity index (χ2v) is 6.73. The van der Waals surface area contributed by atoms with E-state index in [0.717, 1.165) is 42.3 Å². The van der Waals surface area contributed by atoms with Gasteiger partial charge in [-0.1, -0.05) is 49.4 Å². The predicted molar refractivity (Wildman–Crippen MR) is 114 cm³/mol. The van der Waals surface area contributed by atoms with Gasteiger partial charge in [-0.15, -0.1) is 0 Å². The van der Waals surface area contributed by atoms with E-state index in [0.29, 0.717) is 5.95 Å². The summed E-state index contributed by atoms with van der Waals surface area (Å²) in [5, 5.41) is 6.73. The number of rotatable bonds is 8. The van der Waals surface area contributed by atoms with Crippen LogP contribution in [0.4, 0.5) is 17.5 Å². The van der Waals surface area contributed by atoms with Gasteiger partial charge in [0.1, 0.15) is 5.82 Å². The quantitative estimate of drug-likeness (QED) is 0.622. The van der Waals surface area contributed by atoms with Crippen molar-refractivity contribution in [2.45, 2.75) is 13.3 Å². The number of hydrogen-bond donors (Lipinski definition) is 2. The Bertz CT molecular complexity index is 844. The van der Waals surface area contributed by atoms with E-state index in [1.165, 1.54) is 5.56 Å². The van der Waals surface area contributed by atoms with Crippen molar-refractivity contribution in [3.05, 3.63) is 66.2 Å². The molecule has 0 amide bonds. The first-order valence-corrected chi connectivity index (χ1v) is 9.33. The largest absolute Gasteiger partial charge is 0.353 e. The standard InChI is InChI=1S/C22H27N5/c1-4-17-10-12-19(13-11-17)24-21-16-20(18-8-6-5-7-9-18)25-22(26-21)23-14-15-27(2)3/h5-13,16H,4,14-15H2,1-3H3,(H2,23,24,25,26). The van der Waals surface area contributed by atoms with Crippen molar-refractivity contribution in [2.24, 2.45) is 0 Å². The zero-order chi connectivity index (χ0) is 19.1. The van der Waals surface area contributed by atoms with Crippen molar-refractivity contribution in [1.29, 1.82) is 0 Å². The number of aryl methyl sites for hydroxylation is 1. The number of aromatic nitrogens is 2. The SMILES string of the molecule is CCc1ccc(Nc2cc(-c3ccccc3)nc(NCCN(C)C)n2)cc1. The van der Waals surface area contributed by atoms with E-state index in [1.54, 1.807) is 0 Å². The summed E-state index contributed by atoms with van der Waals surface area (Å²) < 4.78 is 0. The van der Waals surface area contributed by atoms with Gasteiger partial charge in [0.05, 0.1) is 5.69 Å². The van der Waals surface area contributed by atoms with E-state index in [2.05, 4.69) is 82.9 Å². The summed E-state index contributed by atoms with van der Waals surface area (Å²) in [7, 11) is 4.10. The molecule has 1 heterocycles. The lowest BCUT2D eigenvalue weighted by Gasteiger charge is -2.13. The first-order valence-electron chi connectivity index (χ1n) is 9.33. The van der Waals surface area contributed by atoms with Gasteiger partial charge in [0.25, 0.3) is 0 Å². The fourth-order valence-corrected chi connectivity index (χ4v) is 2.71. The second kappa shape index (κ2) is 9.14. The molecule has 0 spiro atoms. The number of benzene rings is 2. The third-order valence-electron chi connectivity index (χ3n) is 4.27. The maximum atomic E-state index is 4.69. The van der Waals surface area contributed by atoms with Crippen LogP contribution in [0.3, 0.4) is 0 Å². The lowest BCUT2D eigenvalue weighted by atomic mass is 10.1. The lowest BCUT2D eigenvalue weighted by Crippen LogP contribution is -2.21. The summed E-state index contributed by atoms with van der Waals surface area (Å²) in [6.45, 7) is 3.86. The molecule has 2 N–H and O–H groups in total. The van der Waals surface area contributed by atoms with Crippen LogP contribution in [0.2, 0.25) is 0 Å². The molecule has 0 aliphatic carbocycles. The minimum absolute atomic E-state index is 0.630. The Balaban J connectivity index is 1.86. The van der Waals surface area contributed by atoms with Crippen LogP contribution in [-0.4, -0.2) is 42.1 Å². The molecular weight excluding hydrogens is 334 g/mol. The molecule has 0 fully saturated rings. The Kier molecular flexibility index (Phi) is 6.39. The molecule has 0 unspecified atom stereocenters. The molecule has 0 bridgehead atoms. The number of likely N-dealkylation sites (N-methyl/N-ethyl adjacent to an activating group) is 1. The molecule has 5 heteroatoms. The Labute approximate surface area is 161 Å². The van der Waals surface area contributed by atoms with Gasteiger partial charge in [0.15, 0.2) is 0 Å². The molecule has 0 aliphatic rings. The molecule has 0 radical (unpaired) electrons. The van der Waals surface area contributed by atoms with Crippen LogP contribution in [0.5, 0.6) is 0 Å². The normalized spacial score (nSPS) is 10.8.